The molecular formula is C7H21N. The second-order valence-corrected chi connectivity index (χ2v) is 1.12. The van der Waals surface area contributed by atoms with Gasteiger partial charge in [0.2, 0.25) is 0 Å². The van der Waals surface area contributed by atoms with Crippen LogP contribution < -0.4 is 5.73 Å². The summed E-state index contributed by atoms with van der Waals surface area (Å²) < 4.78 is 0. The molecule has 0 amide bonds. The Kier molecular flexibility index (Phi) is 126. The van der Waals surface area contributed by atoms with Crippen molar-refractivity contribution in [1.82, 2.24) is 0 Å². The third-order valence-electron chi connectivity index (χ3n) is 0. The van der Waals surface area contributed by atoms with E-state index in [0.29, 0.717) is 0 Å². The third-order valence-corrected chi connectivity index (χ3v) is 0. The van der Waals surface area contributed by atoms with E-state index in [1.807, 2.05) is 20.8 Å². The first-order valence-corrected chi connectivity index (χ1v) is 3.53. The first-order valence-electron chi connectivity index (χ1n) is 3.53. The van der Waals surface area contributed by atoms with Crippen LogP contribution in [0.2, 0.25) is 0 Å². The lowest BCUT2D eigenvalue weighted by Gasteiger charge is -1.53. The molecule has 54 valence electrons. The minimum atomic E-state index is 0.750. The minimum absolute atomic E-state index is 0.750. The van der Waals surface area contributed by atoms with E-state index >= 15 is 0 Å². The van der Waals surface area contributed by atoms with Crippen molar-refractivity contribution in [3.05, 3.63) is 0 Å². The van der Waals surface area contributed by atoms with Gasteiger partial charge in [-0.1, -0.05) is 41.0 Å². The fraction of sp³-hybridized carbons (Fsp3) is 1.00. The van der Waals surface area contributed by atoms with Gasteiger partial charge in [0.05, 0.1) is 0 Å². The molecule has 0 saturated carbocycles. The molecule has 0 atom stereocenters. The first-order chi connectivity index (χ1) is 3.83. The lowest BCUT2D eigenvalue weighted by molar-refractivity contribution is 1.09. The highest BCUT2D eigenvalue weighted by molar-refractivity contribution is 4.00. The molecule has 2 N–H and O–H groups in total. The van der Waals surface area contributed by atoms with E-state index in [1.54, 1.807) is 0 Å². The molecule has 1 heteroatoms. The zero-order chi connectivity index (χ0) is 7.41. The second kappa shape index (κ2) is 64.4. The van der Waals surface area contributed by atoms with E-state index in [4.69, 9.17) is 5.73 Å². The molecule has 8 heavy (non-hydrogen) atoms. The third kappa shape index (κ3) is 91600. The van der Waals surface area contributed by atoms with Crippen molar-refractivity contribution < 1.29 is 0 Å². The number of nitrogens with two attached hydrogens (primary N) is 1. The Labute approximate surface area is 54.3 Å². The molecule has 0 bridgehead atoms. The molecule has 0 heterocycles. The van der Waals surface area contributed by atoms with Gasteiger partial charge in [-0.2, -0.15) is 0 Å². The van der Waals surface area contributed by atoms with Gasteiger partial charge in [0.25, 0.3) is 0 Å². The number of hydrogen-bond acceptors (Lipinski definition) is 1. The molecule has 0 radical (unpaired) electrons. The van der Waals surface area contributed by atoms with Gasteiger partial charge in [-0.05, 0) is 6.54 Å². The highest BCUT2D eigenvalue weighted by Crippen LogP contribution is 1.56. The molecule has 0 aromatic carbocycles. The van der Waals surface area contributed by atoms with E-state index in [0.717, 1.165) is 6.54 Å². The average Bonchev–Trinajstić information content (AvgIpc) is 1.75. The molecule has 0 rings (SSSR count). The molecule has 0 spiro atoms. The Morgan fingerprint density at radius 2 is 1.00 bits per heavy atom. The van der Waals surface area contributed by atoms with Gasteiger partial charge in [0.15, 0.2) is 0 Å². The lowest BCUT2D eigenvalue weighted by atomic mass is 10.6. The molecule has 0 aromatic heterocycles. The van der Waals surface area contributed by atoms with Gasteiger partial charge in [-0.3, -0.25) is 0 Å². The summed E-state index contributed by atoms with van der Waals surface area (Å²) in [7, 11) is 0. The SMILES string of the molecule is CC.CCC.CCN. The maximum absolute atomic E-state index is 4.85. The predicted octanol–water partition coefficient (Wildman–Crippen LogP) is 2.41. The van der Waals surface area contributed by atoms with Crippen molar-refractivity contribution in [3.8, 4) is 0 Å². The molecule has 0 aliphatic rings. The van der Waals surface area contributed by atoms with E-state index in [1.165, 1.54) is 6.42 Å². The summed E-state index contributed by atoms with van der Waals surface area (Å²) in [5.74, 6) is 0. The van der Waals surface area contributed by atoms with Gasteiger partial charge in [0.1, 0.15) is 0 Å². The van der Waals surface area contributed by atoms with Crippen molar-refractivity contribution in [2.75, 3.05) is 6.54 Å². The molecule has 0 unspecified atom stereocenters. The maximum Gasteiger partial charge on any atom is -0.0106 e. The summed E-state index contributed by atoms with van der Waals surface area (Å²) >= 11 is 0. The van der Waals surface area contributed by atoms with Crippen LogP contribution in [-0.4, -0.2) is 6.54 Å². The Morgan fingerprint density at radius 1 is 1.00 bits per heavy atom. The smallest absolute Gasteiger partial charge is 0.0106 e. The van der Waals surface area contributed by atoms with Crippen LogP contribution in [0.5, 0.6) is 0 Å². The zero-order valence-corrected chi connectivity index (χ0v) is 6.99. The minimum Gasteiger partial charge on any atom is -0.331 e. The summed E-state index contributed by atoms with van der Waals surface area (Å²) in [4.78, 5) is 0. The highest BCUT2D eigenvalue weighted by Gasteiger charge is 1.35. The van der Waals surface area contributed by atoms with Crippen LogP contribution in [0, 0.1) is 0 Å². The van der Waals surface area contributed by atoms with Crippen LogP contribution in [0.4, 0.5) is 0 Å². The van der Waals surface area contributed by atoms with Gasteiger partial charge in [-0.15, -0.1) is 0 Å². The van der Waals surface area contributed by atoms with E-state index in [-0.39, 0.29) is 0 Å². The fourth-order valence-electron chi connectivity index (χ4n) is 0. The molecule has 0 aromatic rings. The maximum atomic E-state index is 4.85. The summed E-state index contributed by atoms with van der Waals surface area (Å²) in [6.45, 7) is 10.9. The monoisotopic (exact) mass is 119 g/mol. The Hall–Kier alpha value is -0.0400. The van der Waals surface area contributed by atoms with Crippen molar-refractivity contribution in [2.24, 2.45) is 5.73 Å². The summed E-state index contributed by atoms with van der Waals surface area (Å²) in [6.07, 6.45) is 1.25. The molecule has 0 aliphatic heterocycles. The van der Waals surface area contributed by atoms with Crippen molar-refractivity contribution in [3.63, 3.8) is 0 Å². The molecule has 0 fully saturated rings. The predicted molar refractivity (Wildman–Crippen MR) is 42.0 cm³/mol. The summed E-state index contributed by atoms with van der Waals surface area (Å²) in [5.41, 5.74) is 4.85. The largest absolute Gasteiger partial charge is 0.331 e. The van der Waals surface area contributed by atoms with E-state index in [9.17, 15) is 0 Å². The highest BCUT2D eigenvalue weighted by atomic mass is 14.5. The summed E-state index contributed by atoms with van der Waals surface area (Å²) in [6, 6.07) is 0. The standard InChI is InChI=1S/C3H8.C2H7N.C2H6/c1-3-2;1-2-3;1-2/h3H2,1-2H3;2-3H2,1H3;1-2H3. The quantitative estimate of drug-likeness (QED) is 0.520. The van der Waals surface area contributed by atoms with Gasteiger partial charge < -0.3 is 5.73 Å². The first kappa shape index (κ1) is 15.7. The molecule has 0 saturated heterocycles. The van der Waals surface area contributed by atoms with Crippen LogP contribution in [0.3, 0.4) is 0 Å². The molecule has 1 nitrogen and oxygen atoms in total. The van der Waals surface area contributed by atoms with Crippen LogP contribution in [-0.2, 0) is 0 Å². The van der Waals surface area contributed by atoms with Gasteiger partial charge in [-0.25, -0.2) is 0 Å². The van der Waals surface area contributed by atoms with E-state index < -0.39 is 0 Å². The van der Waals surface area contributed by atoms with Crippen LogP contribution in [0.15, 0.2) is 0 Å². The van der Waals surface area contributed by atoms with Crippen molar-refractivity contribution >= 4 is 0 Å². The van der Waals surface area contributed by atoms with Crippen LogP contribution >= 0.6 is 0 Å². The Balaban J connectivity index is -0.0000000483. The Morgan fingerprint density at radius 3 is 1.00 bits per heavy atom. The van der Waals surface area contributed by atoms with Crippen molar-refractivity contribution in [2.45, 2.75) is 41.0 Å². The second-order valence-electron chi connectivity index (χ2n) is 1.12. The number of hydrogen-bond donors (Lipinski definition) is 1. The van der Waals surface area contributed by atoms with Crippen molar-refractivity contribution in [1.29, 1.82) is 0 Å². The summed E-state index contributed by atoms with van der Waals surface area (Å²) in [5, 5.41) is 0. The normalized spacial score (nSPS) is 5.25. The molecule has 0 aliphatic carbocycles. The lowest BCUT2D eigenvalue weighted by Crippen LogP contribution is -1.87. The Bertz CT molecular complexity index is 6.35. The van der Waals surface area contributed by atoms with Crippen LogP contribution in [0.1, 0.15) is 41.0 Å². The fourth-order valence-corrected chi connectivity index (χ4v) is 0. The number of rotatable bonds is 0. The zero-order valence-electron chi connectivity index (χ0n) is 6.99. The van der Waals surface area contributed by atoms with E-state index in [2.05, 4.69) is 13.8 Å². The van der Waals surface area contributed by atoms with Crippen LogP contribution in [0.25, 0.3) is 0 Å². The van der Waals surface area contributed by atoms with Gasteiger partial charge in [0, 0.05) is 0 Å². The topological polar surface area (TPSA) is 26.0 Å². The molecular weight excluding hydrogens is 98.1 g/mol. The average molecular weight is 119 g/mol. The van der Waals surface area contributed by atoms with Gasteiger partial charge >= 0.3 is 0 Å².